The van der Waals surface area contributed by atoms with Gasteiger partial charge in [0.05, 0.1) is 5.56 Å². The van der Waals surface area contributed by atoms with Crippen LogP contribution in [0.4, 0.5) is 13.2 Å². The third-order valence-electron chi connectivity index (χ3n) is 3.98. The zero-order valence-electron chi connectivity index (χ0n) is 13.8. The molecule has 0 saturated carbocycles. The van der Waals surface area contributed by atoms with E-state index < -0.39 is 23.4 Å². The molecule has 0 amide bonds. The summed E-state index contributed by atoms with van der Waals surface area (Å²) in [5.41, 5.74) is 1.20. The average molecular weight is 356 g/mol. The van der Waals surface area contributed by atoms with Gasteiger partial charge in [0, 0.05) is 5.39 Å². The molecule has 3 rings (SSSR count). The van der Waals surface area contributed by atoms with E-state index in [0.717, 1.165) is 24.5 Å². The molecule has 3 aromatic carbocycles. The fourth-order valence-corrected chi connectivity index (χ4v) is 2.59. The number of hydrogen-bond acceptors (Lipinski definition) is 2. The Morgan fingerprint density at radius 2 is 1.73 bits per heavy atom. The van der Waals surface area contributed by atoms with E-state index in [2.05, 4.69) is 6.58 Å². The number of rotatable bonds is 5. The number of fused-ring (bicyclic) bond motifs is 1. The molecular weight excluding hydrogens is 341 g/mol. The summed E-state index contributed by atoms with van der Waals surface area (Å²) in [4.78, 5) is 12.3. The van der Waals surface area contributed by atoms with Gasteiger partial charge in [-0.25, -0.2) is 18.0 Å². The van der Waals surface area contributed by atoms with Crippen molar-refractivity contribution in [3.63, 3.8) is 0 Å². The fourth-order valence-electron chi connectivity index (χ4n) is 2.59. The lowest BCUT2D eigenvalue weighted by Crippen LogP contribution is -2.08. The average Bonchev–Trinajstić information content (AvgIpc) is 2.65. The minimum atomic E-state index is -1.54. The predicted octanol–water partition coefficient (Wildman–Crippen LogP) is 5.59. The Morgan fingerprint density at radius 1 is 1.00 bits per heavy atom. The van der Waals surface area contributed by atoms with E-state index in [0.29, 0.717) is 5.75 Å². The Kier molecular flexibility index (Phi) is 5.07. The standard InChI is InChI=1S/C21H15F3O2/c1-2-3-4-13-5-8-16(9-6-13)26-21(25)14-7-10-17-15(11-14)12-18(22)20(24)19(17)23/h2,5-12H,1,3-4H2. The maximum Gasteiger partial charge on any atom is 0.343 e. The first-order valence-electron chi connectivity index (χ1n) is 7.99. The Bertz CT molecular complexity index is 979. The van der Waals surface area contributed by atoms with E-state index in [-0.39, 0.29) is 16.3 Å². The van der Waals surface area contributed by atoms with Crippen molar-refractivity contribution in [3.05, 3.63) is 89.8 Å². The highest BCUT2D eigenvalue weighted by Gasteiger charge is 2.16. The molecule has 0 unspecified atom stereocenters. The van der Waals surface area contributed by atoms with Gasteiger partial charge in [-0.1, -0.05) is 24.3 Å². The summed E-state index contributed by atoms with van der Waals surface area (Å²) in [5.74, 6) is -4.44. The van der Waals surface area contributed by atoms with Crippen molar-refractivity contribution < 1.29 is 22.7 Å². The first-order valence-corrected chi connectivity index (χ1v) is 7.99. The predicted molar refractivity (Wildman–Crippen MR) is 93.7 cm³/mol. The molecule has 0 saturated heterocycles. The molecule has 0 fully saturated rings. The van der Waals surface area contributed by atoms with Gasteiger partial charge in [0.2, 0.25) is 0 Å². The number of allylic oxidation sites excluding steroid dienone is 1. The number of esters is 1. The SMILES string of the molecule is C=CCCc1ccc(OC(=O)c2ccc3c(F)c(F)c(F)cc3c2)cc1. The first-order chi connectivity index (χ1) is 12.5. The molecule has 0 aromatic heterocycles. The van der Waals surface area contributed by atoms with Gasteiger partial charge in [-0.3, -0.25) is 0 Å². The van der Waals surface area contributed by atoms with Gasteiger partial charge >= 0.3 is 5.97 Å². The second-order valence-corrected chi connectivity index (χ2v) is 5.78. The summed E-state index contributed by atoms with van der Waals surface area (Å²) in [6, 6.07) is 11.7. The maximum absolute atomic E-state index is 13.7. The van der Waals surface area contributed by atoms with Crippen LogP contribution in [0, 0.1) is 17.5 Å². The van der Waals surface area contributed by atoms with Gasteiger partial charge in [0.25, 0.3) is 0 Å². The van der Waals surface area contributed by atoms with Crippen LogP contribution in [-0.2, 0) is 6.42 Å². The van der Waals surface area contributed by atoms with Crippen molar-refractivity contribution in [1.82, 2.24) is 0 Å². The van der Waals surface area contributed by atoms with E-state index >= 15 is 0 Å². The molecule has 0 atom stereocenters. The Labute approximate surface area is 148 Å². The van der Waals surface area contributed by atoms with Crippen LogP contribution >= 0.6 is 0 Å². The van der Waals surface area contributed by atoms with Crippen LogP contribution in [0.25, 0.3) is 10.8 Å². The van der Waals surface area contributed by atoms with Crippen molar-refractivity contribution in [1.29, 1.82) is 0 Å². The summed E-state index contributed by atoms with van der Waals surface area (Å²) in [5, 5.41) is -0.0253. The topological polar surface area (TPSA) is 26.3 Å². The molecule has 0 aliphatic carbocycles. The second kappa shape index (κ2) is 7.44. The number of halogens is 3. The summed E-state index contributed by atoms with van der Waals surface area (Å²) < 4.78 is 45.6. The summed E-state index contributed by atoms with van der Waals surface area (Å²) in [7, 11) is 0. The largest absolute Gasteiger partial charge is 0.423 e. The van der Waals surface area contributed by atoms with Crippen LogP contribution in [0.15, 0.2) is 61.2 Å². The van der Waals surface area contributed by atoms with Crippen LogP contribution in [0.3, 0.4) is 0 Å². The highest BCUT2D eigenvalue weighted by Crippen LogP contribution is 2.25. The Morgan fingerprint density at radius 3 is 2.42 bits per heavy atom. The zero-order chi connectivity index (χ0) is 18.7. The van der Waals surface area contributed by atoms with E-state index in [4.69, 9.17) is 4.74 Å². The summed E-state index contributed by atoms with van der Waals surface area (Å²) >= 11 is 0. The van der Waals surface area contributed by atoms with Crippen molar-refractivity contribution >= 4 is 16.7 Å². The fraction of sp³-hybridized carbons (Fsp3) is 0.0952. The molecule has 0 N–H and O–H groups in total. The van der Waals surface area contributed by atoms with Gasteiger partial charge in [0.1, 0.15) is 5.75 Å². The van der Waals surface area contributed by atoms with E-state index in [9.17, 15) is 18.0 Å². The van der Waals surface area contributed by atoms with Gasteiger partial charge in [0.15, 0.2) is 17.5 Å². The first kappa shape index (κ1) is 17.7. The molecule has 0 spiro atoms. The van der Waals surface area contributed by atoms with Crippen molar-refractivity contribution in [2.75, 3.05) is 0 Å². The Hall–Kier alpha value is -3.08. The number of aryl methyl sites for hydroxylation is 1. The lowest BCUT2D eigenvalue weighted by atomic mass is 10.1. The number of carbonyl (C=O) groups is 1. The minimum absolute atomic E-state index is 0.0793. The van der Waals surface area contributed by atoms with E-state index in [1.54, 1.807) is 12.1 Å². The number of ether oxygens (including phenoxy) is 1. The third-order valence-corrected chi connectivity index (χ3v) is 3.98. The van der Waals surface area contributed by atoms with Crippen LogP contribution in [0.1, 0.15) is 22.3 Å². The van der Waals surface area contributed by atoms with E-state index in [1.807, 2.05) is 18.2 Å². The molecule has 3 aromatic rings. The lowest BCUT2D eigenvalue weighted by Gasteiger charge is -2.07. The molecule has 2 nitrogen and oxygen atoms in total. The molecule has 26 heavy (non-hydrogen) atoms. The molecule has 0 radical (unpaired) electrons. The molecular formula is C21H15F3O2. The number of carbonyl (C=O) groups excluding carboxylic acids is 1. The number of hydrogen-bond donors (Lipinski definition) is 0. The van der Waals surface area contributed by atoms with Gasteiger partial charge in [-0.05, 0) is 54.1 Å². The van der Waals surface area contributed by atoms with Crippen LogP contribution in [0.2, 0.25) is 0 Å². The van der Waals surface area contributed by atoms with Crippen molar-refractivity contribution in [2.24, 2.45) is 0 Å². The van der Waals surface area contributed by atoms with Crippen LogP contribution in [0.5, 0.6) is 5.75 Å². The molecule has 0 aliphatic rings. The second-order valence-electron chi connectivity index (χ2n) is 5.78. The van der Waals surface area contributed by atoms with Gasteiger partial charge < -0.3 is 4.74 Å². The minimum Gasteiger partial charge on any atom is -0.423 e. The van der Waals surface area contributed by atoms with Crippen molar-refractivity contribution in [3.8, 4) is 5.75 Å². The van der Waals surface area contributed by atoms with Gasteiger partial charge in [-0.15, -0.1) is 6.58 Å². The smallest absolute Gasteiger partial charge is 0.343 e. The zero-order valence-corrected chi connectivity index (χ0v) is 13.8. The molecule has 132 valence electrons. The number of benzene rings is 3. The molecule has 0 aliphatic heterocycles. The normalized spacial score (nSPS) is 10.7. The highest BCUT2D eigenvalue weighted by molar-refractivity contribution is 5.96. The van der Waals surface area contributed by atoms with Crippen molar-refractivity contribution in [2.45, 2.75) is 12.8 Å². The quantitative estimate of drug-likeness (QED) is 0.258. The molecule has 0 heterocycles. The maximum atomic E-state index is 13.7. The third kappa shape index (κ3) is 3.61. The highest BCUT2D eigenvalue weighted by atomic mass is 19.2. The Balaban J connectivity index is 1.81. The molecule has 0 bridgehead atoms. The van der Waals surface area contributed by atoms with E-state index in [1.165, 1.54) is 18.2 Å². The van der Waals surface area contributed by atoms with Crippen LogP contribution < -0.4 is 4.74 Å². The monoisotopic (exact) mass is 356 g/mol. The van der Waals surface area contributed by atoms with Crippen LogP contribution in [-0.4, -0.2) is 5.97 Å². The lowest BCUT2D eigenvalue weighted by molar-refractivity contribution is 0.0735. The molecule has 5 heteroatoms. The summed E-state index contributed by atoms with van der Waals surface area (Å²) in [6.45, 7) is 3.67. The summed E-state index contributed by atoms with van der Waals surface area (Å²) in [6.07, 6.45) is 3.52. The van der Waals surface area contributed by atoms with Gasteiger partial charge in [-0.2, -0.15) is 0 Å².